The molecule has 2 aromatic rings. The monoisotopic (exact) mass is 495 g/mol. The van der Waals surface area contributed by atoms with E-state index in [9.17, 15) is 0 Å². The molecule has 1 fully saturated rings. The van der Waals surface area contributed by atoms with Gasteiger partial charge in [-0.2, -0.15) is 0 Å². The number of hydrogen-bond donors (Lipinski definition) is 2. The molecular formula is C20H23ClIN5. The van der Waals surface area contributed by atoms with Crippen molar-refractivity contribution in [1.29, 1.82) is 0 Å². The second kappa shape index (κ2) is 9.12. The smallest absolute Gasteiger partial charge is 0.162 e. The van der Waals surface area contributed by atoms with E-state index in [0.29, 0.717) is 5.02 Å². The van der Waals surface area contributed by atoms with E-state index >= 15 is 0 Å². The molecule has 0 bridgehead atoms. The molecule has 1 aromatic carbocycles. The van der Waals surface area contributed by atoms with Crippen LogP contribution in [0.25, 0.3) is 10.9 Å². The van der Waals surface area contributed by atoms with Crippen molar-refractivity contribution in [3.8, 4) is 0 Å². The van der Waals surface area contributed by atoms with E-state index < -0.39 is 0 Å². The maximum atomic E-state index is 6.06. The van der Waals surface area contributed by atoms with Gasteiger partial charge in [0.15, 0.2) is 3.84 Å². The SMILES string of the molecule is Clc1ccc2c(NCCNC3=IC(N4CCCCC4)=NC=C3)ccnc2c1. The first-order valence-electron chi connectivity index (χ1n) is 9.33. The van der Waals surface area contributed by atoms with Crippen LogP contribution in [0.1, 0.15) is 19.3 Å². The molecule has 5 nitrogen and oxygen atoms in total. The first kappa shape index (κ1) is 18.8. The van der Waals surface area contributed by atoms with Gasteiger partial charge in [0, 0.05) is 54.7 Å². The Kier molecular flexibility index (Phi) is 6.36. The van der Waals surface area contributed by atoms with Crippen LogP contribution in [0, 0.1) is 0 Å². The summed E-state index contributed by atoms with van der Waals surface area (Å²) in [4.78, 5) is 11.5. The van der Waals surface area contributed by atoms with Gasteiger partial charge in [-0.15, -0.1) is 0 Å². The first-order valence-corrected chi connectivity index (χ1v) is 11.9. The van der Waals surface area contributed by atoms with E-state index in [2.05, 4.69) is 31.6 Å². The van der Waals surface area contributed by atoms with Gasteiger partial charge in [-0.05, 0) is 70.3 Å². The normalized spacial score (nSPS) is 17.3. The van der Waals surface area contributed by atoms with Crippen LogP contribution >= 0.6 is 32.3 Å². The summed E-state index contributed by atoms with van der Waals surface area (Å²) in [5.41, 5.74) is 2.01. The second-order valence-corrected chi connectivity index (χ2v) is 9.68. The average Bonchev–Trinajstić information content (AvgIpc) is 2.72. The molecule has 0 unspecified atom stereocenters. The summed E-state index contributed by atoms with van der Waals surface area (Å²) in [5, 5.41) is 8.91. The van der Waals surface area contributed by atoms with E-state index in [1.807, 2.05) is 36.7 Å². The number of amidine groups is 1. The van der Waals surface area contributed by atoms with Gasteiger partial charge >= 0.3 is 0 Å². The fourth-order valence-corrected chi connectivity index (χ4v) is 5.89. The van der Waals surface area contributed by atoms with Crippen molar-refractivity contribution in [2.45, 2.75) is 19.3 Å². The van der Waals surface area contributed by atoms with Crippen molar-refractivity contribution in [1.82, 2.24) is 15.2 Å². The molecule has 2 aliphatic rings. The van der Waals surface area contributed by atoms with Gasteiger partial charge < -0.3 is 10.2 Å². The maximum absolute atomic E-state index is 6.06. The molecule has 2 aliphatic heterocycles. The summed E-state index contributed by atoms with van der Waals surface area (Å²) < 4.78 is 2.65. The van der Waals surface area contributed by atoms with Gasteiger partial charge in [-0.25, -0.2) is 4.99 Å². The van der Waals surface area contributed by atoms with Gasteiger partial charge in [0.05, 0.1) is 9.15 Å². The molecule has 3 heterocycles. The number of nitrogens with zero attached hydrogens (tertiary/aromatic N) is 3. The van der Waals surface area contributed by atoms with Crippen molar-refractivity contribution in [3.63, 3.8) is 0 Å². The van der Waals surface area contributed by atoms with Crippen LogP contribution in [-0.2, 0) is 0 Å². The number of aromatic nitrogens is 1. The number of benzene rings is 1. The minimum absolute atomic E-state index is 0.206. The lowest BCUT2D eigenvalue weighted by atomic mass is 10.1. The second-order valence-electron chi connectivity index (χ2n) is 6.58. The van der Waals surface area contributed by atoms with Crippen LogP contribution in [0.4, 0.5) is 5.69 Å². The maximum Gasteiger partial charge on any atom is 0.162 e. The predicted octanol–water partition coefficient (Wildman–Crippen LogP) is 4.36. The Bertz CT molecular complexity index is 902. The largest absolute Gasteiger partial charge is 0.383 e. The number of piperidine rings is 1. The Labute approximate surface area is 174 Å². The third-order valence-corrected chi connectivity index (χ3v) is 7.64. The standard InChI is InChI=1S/C20H23ClIN5/c21-15-4-5-16-17(6-8-23-18(16)14-15)24-10-11-25-19-7-9-26-20(22-19)27-12-2-1-3-13-27/h4-9,14,25H,1-3,10-13H2,(H,23,24). The highest BCUT2D eigenvalue weighted by Crippen LogP contribution is 2.24. The highest BCUT2D eigenvalue weighted by Gasteiger charge is 2.15. The van der Waals surface area contributed by atoms with Gasteiger partial charge in [0.25, 0.3) is 0 Å². The molecule has 0 amide bonds. The number of hydrogen-bond acceptors (Lipinski definition) is 5. The van der Waals surface area contributed by atoms with Gasteiger partial charge in [-0.1, -0.05) is 11.6 Å². The van der Waals surface area contributed by atoms with E-state index in [-0.39, 0.29) is 20.7 Å². The number of fused-ring (bicyclic) bond motifs is 1. The Morgan fingerprint density at radius 1 is 1.07 bits per heavy atom. The molecule has 0 aliphatic carbocycles. The number of rotatable bonds is 5. The van der Waals surface area contributed by atoms with E-state index in [1.54, 1.807) is 0 Å². The fraction of sp³-hybridized carbons (Fsp3) is 0.350. The lowest BCUT2D eigenvalue weighted by molar-refractivity contribution is 0.349. The summed E-state index contributed by atoms with van der Waals surface area (Å²) in [6, 6.07) is 7.84. The first-order chi connectivity index (χ1) is 13.3. The number of nitrogens with one attached hydrogen (secondary N) is 2. The summed E-state index contributed by atoms with van der Waals surface area (Å²) in [7, 11) is 0. The zero-order valence-electron chi connectivity index (χ0n) is 15.1. The zero-order chi connectivity index (χ0) is 18.5. The molecule has 0 spiro atoms. The van der Waals surface area contributed by atoms with Crippen LogP contribution in [-0.4, -0.2) is 43.5 Å². The van der Waals surface area contributed by atoms with Crippen molar-refractivity contribution < 1.29 is 0 Å². The molecule has 27 heavy (non-hydrogen) atoms. The van der Waals surface area contributed by atoms with E-state index in [4.69, 9.17) is 11.6 Å². The van der Waals surface area contributed by atoms with Crippen molar-refractivity contribution in [2.75, 3.05) is 31.5 Å². The molecule has 1 saturated heterocycles. The van der Waals surface area contributed by atoms with Gasteiger partial charge in [0.1, 0.15) is 0 Å². The molecule has 0 atom stereocenters. The van der Waals surface area contributed by atoms with Crippen LogP contribution in [0.2, 0.25) is 5.02 Å². The molecule has 1 aromatic heterocycles. The van der Waals surface area contributed by atoms with Crippen LogP contribution in [0.15, 0.2) is 47.7 Å². The molecule has 2 N–H and O–H groups in total. The van der Waals surface area contributed by atoms with Crippen LogP contribution < -0.4 is 10.6 Å². The van der Waals surface area contributed by atoms with Crippen molar-refractivity contribution in [3.05, 3.63) is 47.8 Å². The summed E-state index contributed by atoms with van der Waals surface area (Å²) in [5.74, 6) is 0. The summed E-state index contributed by atoms with van der Waals surface area (Å²) in [6.45, 7) is 4.06. The molecular weight excluding hydrogens is 473 g/mol. The third kappa shape index (κ3) is 4.86. The zero-order valence-corrected chi connectivity index (χ0v) is 18.0. The highest BCUT2D eigenvalue weighted by atomic mass is 127. The van der Waals surface area contributed by atoms with E-state index in [0.717, 1.165) is 29.7 Å². The summed E-state index contributed by atoms with van der Waals surface area (Å²) >= 11 is 5.86. The minimum atomic E-state index is -0.206. The Morgan fingerprint density at radius 2 is 1.93 bits per heavy atom. The fourth-order valence-electron chi connectivity index (χ4n) is 3.28. The Hall–Kier alpha value is -1.51. The lowest BCUT2D eigenvalue weighted by Gasteiger charge is -2.28. The van der Waals surface area contributed by atoms with Crippen molar-refractivity contribution in [2.24, 2.45) is 4.99 Å². The number of anilines is 1. The third-order valence-electron chi connectivity index (χ3n) is 4.64. The van der Waals surface area contributed by atoms with Crippen molar-refractivity contribution >= 4 is 56.4 Å². The predicted molar refractivity (Wildman–Crippen MR) is 124 cm³/mol. The van der Waals surface area contributed by atoms with Gasteiger partial charge in [-0.3, -0.25) is 10.3 Å². The van der Waals surface area contributed by atoms with Crippen LogP contribution in [0.3, 0.4) is 0 Å². The molecule has 0 radical (unpaired) electrons. The number of aliphatic imine (C=N–C) groups is 1. The summed E-state index contributed by atoms with van der Waals surface area (Å²) in [6.07, 6.45) is 9.84. The lowest BCUT2D eigenvalue weighted by Crippen LogP contribution is -2.35. The number of likely N-dealkylation sites (tertiary alicyclic amines) is 1. The highest BCUT2D eigenvalue weighted by molar-refractivity contribution is 14.2. The Balaban J connectivity index is 1.32. The quantitative estimate of drug-likeness (QED) is 0.368. The van der Waals surface area contributed by atoms with E-state index in [1.165, 1.54) is 39.8 Å². The number of halogens is 2. The average molecular weight is 496 g/mol. The topological polar surface area (TPSA) is 52.5 Å². The minimum Gasteiger partial charge on any atom is -0.383 e. The molecule has 0 saturated carbocycles. The number of pyridine rings is 1. The van der Waals surface area contributed by atoms with Gasteiger partial charge in [0.2, 0.25) is 0 Å². The molecule has 7 heteroatoms. The Morgan fingerprint density at radius 3 is 2.81 bits per heavy atom. The van der Waals surface area contributed by atoms with Crippen LogP contribution in [0.5, 0.6) is 0 Å². The molecule has 4 rings (SSSR count). The molecule has 142 valence electrons.